The maximum Gasteiger partial charge on any atom is 0.306 e. The summed E-state index contributed by atoms with van der Waals surface area (Å²) in [5, 5.41) is 0. The lowest BCUT2D eigenvalue weighted by Crippen LogP contribution is -2.30. The molecule has 0 aliphatic heterocycles. The molecule has 0 radical (unpaired) electrons. The van der Waals surface area contributed by atoms with Gasteiger partial charge in [0.05, 0.1) is 0 Å². The van der Waals surface area contributed by atoms with Gasteiger partial charge in [0.2, 0.25) is 0 Å². The van der Waals surface area contributed by atoms with Crippen LogP contribution >= 0.6 is 0 Å². The second kappa shape index (κ2) is 60.7. The van der Waals surface area contributed by atoms with Crippen LogP contribution in [0.15, 0.2) is 12.2 Å². The smallest absolute Gasteiger partial charge is 0.306 e. The summed E-state index contributed by atoms with van der Waals surface area (Å²) in [4.78, 5) is 38.1. The van der Waals surface area contributed by atoms with E-state index in [9.17, 15) is 14.4 Å². The lowest BCUT2D eigenvalue weighted by molar-refractivity contribution is -0.167. The third kappa shape index (κ3) is 58.9. The molecule has 0 amide bonds. The molecule has 0 rings (SSSR count). The maximum atomic E-state index is 12.9. The first kappa shape index (κ1) is 69.2. The molecule has 0 aromatic heterocycles. The van der Waals surface area contributed by atoms with Gasteiger partial charge in [0.15, 0.2) is 6.10 Å². The van der Waals surface area contributed by atoms with Crippen molar-refractivity contribution in [3.05, 3.63) is 12.2 Å². The Morgan fingerprint density at radius 2 is 0.465 bits per heavy atom. The maximum absolute atomic E-state index is 12.9. The molecular formula is C65H124O6. The van der Waals surface area contributed by atoms with Crippen molar-refractivity contribution in [2.75, 3.05) is 13.2 Å². The lowest BCUT2D eigenvalue weighted by atomic mass is 10.0. The molecule has 0 fully saturated rings. The standard InChI is InChI=1S/C65H124O6/c1-4-7-10-13-16-19-21-23-25-27-29-30-31-32-33-34-35-36-38-39-41-43-46-49-52-55-58-64(67)70-61-62(60-69-63(66)57-54-51-48-45-18-15-12-9-6-3)71-65(68)59-56-53-50-47-44-42-40-37-28-26-24-22-20-17-14-11-8-5-2/h26,28,62H,4-25,27,29-61H2,1-3H3/b28-26-. The average Bonchev–Trinajstić information content (AvgIpc) is 3.37. The number of carbonyl (C=O) groups is 3. The van der Waals surface area contributed by atoms with Crippen molar-refractivity contribution in [2.24, 2.45) is 0 Å². The van der Waals surface area contributed by atoms with Crippen LogP contribution in [-0.2, 0) is 28.6 Å². The van der Waals surface area contributed by atoms with E-state index in [4.69, 9.17) is 14.2 Å². The number of carbonyl (C=O) groups excluding carboxylic acids is 3. The van der Waals surface area contributed by atoms with Crippen LogP contribution in [0.3, 0.4) is 0 Å². The Balaban J connectivity index is 4.11. The molecule has 1 unspecified atom stereocenters. The molecule has 6 nitrogen and oxygen atoms in total. The van der Waals surface area contributed by atoms with E-state index in [-0.39, 0.29) is 31.1 Å². The van der Waals surface area contributed by atoms with Crippen molar-refractivity contribution in [3.8, 4) is 0 Å². The highest BCUT2D eigenvalue weighted by molar-refractivity contribution is 5.71. The molecule has 0 N–H and O–H groups in total. The minimum Gasteiger partial charge on any atom is -0.462 e. The van der Waals surface area contributed by atoms with E-state index < -0.39 is 6.10 Å². The molecule has 71 heavy (non-hydrogen) atoms. The van der Waals surface area contributed by atoms with E-state index in [2.05, 4.69) is 32.9 Å². The molecule has 0 aromatic rings. The van der Waals surface area contributed by atoms with Gasteiger partial charge in [-0.05, 0) is 44.9 Å². The van der Waals surface area contributed by atoms with Crippen LogP contribution in [0.4, 0.5) is 0 Å². The van der Waals surface area contributed by atoms with E-state index in [1.165, 1.54) is 270 Å². The topological polar surface area (TPSA) is 78.9 Å². The second-order valence-electron chi connectivity index (χ2n) is 22.0. The highest BCUT2D eigenvalue weighted by Crippen LogP contribution is 2.18. The van der Waals surface area contributed by atoms with Crippen LogP contribution in [0.2, 0.25) is 0 Å². The third-order valence-corrected chi connectivity index (χ3v) is 14.8. The number of allylic oxidation sites excluding steroid dienone is 2. The summed E-state index contributed by atoms with van der Waals surface area (Å²) in [6.07, 6.45) is 71.0. The fourth-order valence-electron chi connectivity index (χ4n) is 9.91. The predicted molar refractivity (Wildman–Crippen MR) is 307 cm³/mol. The Bertz CT molecular complexity index is 1100. The Hall–Kier alpha value is -1.85. The summed E-state index contributed by atoms with van der Waals surface area (Å²) < 4.78 is 16.9. The van der Waals surface area contributed by atoms with Gasteiger partial charge < -0.3 is 14.2 Å². The van der Waals surface area contributed by atoms with Crippen molar-refractivity contribution >= 4 is 17.9 Å². The minimum atomic E-state index is -0.767. The molecule has 0 saturated heterocycles. The molecule has 6 heteroatoms. The molecule has 0 aliphatic rings. The first-order chi connectivity index (χ1) is 35.0. The molecule has 0 bridgehead atoms. The zero-order chi connectivity index (χ0) is 51.4. The minimum absolute atomic E-state index is 0.0658. The largest absolute Gasteiger partial charge is 0.462 e. The Morgan fingerprint density at radius 1 is 0.268 bits per heavy atom. The van der Waals surface area contributed by atoms with Crippen molar-refractivity contribution in [1.82, 2.24) is 0 Å². The summed E-state index contributed by atoms with van der Waals surface area (Å²) in [6, 6.07) is 0. The molecule has 0 heterocycles. The van der Waals surface area contributed by atoms with Crippen LogP contribution in [0.25, 0.3) is 0 Å². The average molecular weight is 1000 g/mol. The Kier molecular flexibility index (Phi) is 59.1. The highest BCUT2D eigenvalue weighted by Gasteiger charge is 2.19. The SMILES string of the molecule is CCCCCCCCC/C=C\CCCCCCCCCC(=O)OC(COC(=O)CCCCCCCCCCC)COC(=O)CCCCCCCCCCCCCCCCCCCCCCCCCCCC. The van der Waals surface area contributed by atoms with Gasteiger partial charge in [-0.1, -0.05) is 315 Å². The van der Waals surface area contributed by atoms with Gasteiger partial charge in [-0.2, -0.15) is 0 Å². The van der Waals surface area contributed by atoms with Gasteiger partial charge in [-0.25, -0.2) is 0 Å². The van der Waals surface area contributed by atoms with Gasteiger partial charge in [0.1, 0.15) is 13.2 Å². The monoisotopic (exact) mass is 1000 g/mol. The fourth-order valence-corrected chi connectivity index (χ4v) is 9.91. The zero-order valence-electron chi connectivity index (χ0n) is 48.3. The summed E-state index contributed by atoms with van der Waals surface area (Å²) in [5.41, 5.74) is 0. The highest BCUT2D eigenvalue weighted by atomic mass is 16.6. The van der Waals surface area contributed by atoms with Crippen LogP contribution in [0.1, 0.15) is 367 Å². The number of unbranched alkanes of at least 4 members (excludes halogenated alkanes) is 47. The number of hydrogen-bond donors (Lipinski definition) is 0. The second-order valence-corrected chi connectivity index (χ2v) is 22.0. The van der Waals surface area contributed by atoms with E-state index >= 15 is 0 Å². The summed E-state index contributed by atoms with van der Waals surface area (Å²) in [5.74, 6) is -0.846. The van der Waals surface area contributed by atoms with E-state index in [0.29, 0.717) is 19.3 Å². The predicted octanol–water partition coefficient (Wildman–Crippen LogP) is 21.7. The van der Waals surface area contributed by atoms with Crippen molar-refractivity contribution < 1.29 is 28.6 Å². The summed E-state index contributed by atoms with van der Waals surface area (Å²) in [6.45, 7) is 6.68. The molecule has 0 saturated carbocycles. The Labute approximate surface area is 443 Å². The summed E-state index contributed by atoms with van der Waals surface area (Å²) >= 11 is 0. The molecule has 0 aliphatic carbocycles. The Morgan fingerprint density at radius 3 is 0.704 bits per heavy atom. The fraction of sp³-hybridized carbons (Fsp3) is 0.923. The lowest BCUT2D eigenvalue weighted by Gasteiger charge is -2.18. The van der Waals surface area contributed by atoms with Crippen LogP contribution in [-0.4, -0.2) is 37.2 Å². The molecule has 0 aromatic carbocycles. The summed E-state index contributed by atoms with van der Waals surface area (Å²) in [7, 11) is 0. The molecule has 1 atom stereocenters. The van der Waals surface area contributed by atoms with Gasteiger partial charge in [0, 0.05) is 19.3 Å². The van der Waals surface area contributed by atoms with Crippen LogP contribution in [0.5, 0.6) is 0 Å². The number of hydrogen-bond acceptors (Lipinski definition) is 6. The quantitative estimate of drug-likeness (QED) is 0.0261. The zero-order valence-corrected chi connectivity index (χ0v) is 48.3. The van der Waals surface area contributed by atoms with Gasteiger partial charge >= 0.3 is 17.9 Å². The number of ether oxygens (including phenoxy) is 3. The van der Waals surface area contributed by atoms with Crippen LogP contribution in [0, 0.1) is 0 Å². The molecular weight excluding hydrogens is 877 g/mol. The van der Waals surface area contributed by atoms with E-state index in [0.717, 1.165) is 57.8 Å². The number of esters is 3. The van der Waals surface area contributed by atoms with Crippen molar-refractivity contribution in [2.45, 2.75) is 374 Å². The van der Waals surface area contributed by atoms with Crippen LogP contribution < -0.4 is 0 Å². The van der Waals surface area contributed by atoms with Gasteiger partial charge in [-0.15, -0.1) is 0 Å². The molecule has 420 valence electrons. The first-order valence-electron chi connectivity index (χ1n) is 32.2. The number of rotatable bonds is 60. The molecule has 0 spiro atoms. The first-order valence-corrected chi connectivity index (χ1v) is 32.2. The third-order valence-electron chi connectivity index (χ3n) is 14.8. The van der Waals surface area contributed by atoms with Gasteiger partial charge in [-0.3, -0.25) is 14.4 Å². The van der Waals surface area contributed by atoms with E-state index in [1.807, 2.05) is 0 Å². The van der Waals surface area contributed by atoms with Crippen molar-refractivity contribution in [1.29, 1.82) is 0 Å². The normalized spacial score (nSPS) is 12.0. The van der Waals surface area contributed by atoms with Crippen molar-refractivity contribution in [3.63, 3.8) is 0 Å². The van der Waals surface area contributed by atoms with E-state index in [1.54, 1.807) is 0 Å². The van der Waals surface area contributed by atoms with Gasteiger partial charge in [0.25, 0.3) is 0 Å².